The Morgan fingerprint density at radius 3 is 2.38 bits per heavy atom. The van der Waals surface area contributed by atoms with Crippen molar-refractivity contribution in [3.05, 3.63) is 131 Å². The van der Waals surface area contributed by atoms with Gasteiger partial charge in [-0.25, -0.2) is 9.97 Å². The van der Waals surface area contributed by atoms with E-state index in [0.717, 1.165) is 78.5 Å². The molecule has 13 nitrogen and oxygen atoms in total. The summed E-state index contributed by atoms with van der Waals surface area (Å²) in [6, 6.07) is 24.5. The molecule has 3 aromatic carbocycles. The number of fused-ring (bicyclic) bond motifs is 1. The molecule has 0 radical (unpaired) electrons. The number of pyridine rings is 1. The van der Waals surface area contributed by atoms with Gasteiger partial charge in [-0.3, -0.25) is 39.3 Å². The molecule has 5 heterocycles. The maximum atomic E-state index is 13.2. The highest BCUT2D eigenvalue weighted by atomic mass is 16.2. The molecule has 0 spiro atoms. The number of hydrogen-bond acceptors (Lipinski definition) is 10. The van der Waals surface area contributed by atoms with Gasteiger partial charge in [-0.05, 0) is 84.1 Å². The number of carbonyl (C=O) groups is 4. The van der Waals surface area contributed by atoms with Crippen LogP contribution in [0.25, 0.3) is 11.3 Å². The topological polar surface area (TPSA) is 153 Å². The predicted octanol–water partition coefficient (Wildman–Crippen LogP) is 4.92. The van der Waals surface area contributed by atoms with Gasteiger partial charge in [0.15, 0.2) is 0 Å². The van der Waals surface area contributed by atoms with Crippen LogP contribution in [0.1, 0.15) is 55.8 Å². The van der Waals surface area contributed by atoms with E-state index in [2.05, 4.69) is 46.8 Å². The maximum absolute atomic E-state index is 13.2. The molecule has 55 heavy (non-hydrogen) atoms. The molecule has 2 fully saturated rings. The van der Waals surface area contributed by atoms with Gasteiger partial charge >= 0.3 is 0 Å². The summed E-state index contributed by atoms with van der Waals surface area (Å²) < 4.78 is 0. The van der Waals surface area contributed by atoms with Crippen molar-refractivity contribution < 1.29 is 19.2 Å². The van der Waals surface area contributed by atoms with Crippen LogP contribution in [-0.4, -0.2) is 85.5 Å². The summed E-state index contributed by atoms with van der Waals surface area (Å²) in [5.41, 5.74) is 8.51. The fourth-order valence-corrected chi connectivity index (χ4v) is 7.36. The summed E-state index contributed by atoms with van der Waals surface area (Å²) in [7, 11) is 0. The van der Waals surface area contributed by atoms with Crippen molar-refractivity contribution >= 4 is 41.0 Å². The van der Waals surface area contributed by atoms with Crippen LogP contribution >= 0.6 is 0 Å². The second-order valence-corrected chi connectivity index (χ2v) is 14.3. The fourth-order valence-electron chi connectivity index (χ4n) is 7.36. The van der Waals surface area contributed by atoms with E-state index in [-0.39, 0.29) is 24.1 Å². The molecule has 3 aliphatic rings. The Labute approximate surface area is 318 Å². The molecule has 1 unspecified atom stereocenters. The van der Waals surface area contributed by atoms with Crippen molar-refractivity contribution in [2.75, 3.05) is 36.8 Å². The normalized spacial score (nSPS) is 17.5. The monoisotopic (exact) mass is 735 g/mol. The van der Waals surface area contributed by atoms with Crippen molar-refractivity contribution in [3.8, 4) is 11.3 Å². The zero-order valence-electron chi connectivity index (χ0n) is 30.5. The molecule has 0 bridgehead atoms. The lowest BCUT2D eigenvalue weighted by atomic mass is 10.0. The highest BCUT2D eigenvalue weighted by Gasteiger charge is 2.39. The molecule has 4 amide bonds. The van der Waals surface area contributed by atoms with E-state index in [1.165, 1.54) is 0 Å². The van der Waals surface area contributed by atoms with Crippen molar-refractivity contribution in [2.45, 2.75) is 45.4 Å². The van der Waals surface area contributed by atoms with Crippen molar-refractivity contribution in [1.82, 2.24) is 35.0 Å². The fraction of sp³-hybridized carbons (Fsp3) is 0.262. The van der Waals surface area contributed by atoms with Gasteiger partial charge in [-0.1, -0.05) is 30.3 Å². The first-order valence-corrected chi connectivity index (χ1v) is 18.5. The number of piperidine rings is 1. The lowest BCUT2D eigenvalue weighted by Gasteiger charge is -2.34. The average Bonchev–Trinajstić information content (AvgIpc) is 3.52. The van der Waals surface area contributed by atoms with E-state index in [9.17, 15) is 19.2 Å². The van der Waals surface area contributed by atoms with Crippen LogP contribution in [0.4, 0.5) is 17.3 Å². The Kier molecular flexibility index (Phi) is 10.1. The first kappa shape index (κ1) is 35.7. The predicted molar refractivity (Wildman–Crippen MR) is 207 cm³/mol. The Morgan fingerprint density at radius 1 is 0.873 bits per heavy atom. The Balaban J connectivity index is 0.814. The molecule has 13 heteroatoms. The minimum absolute atomic E-state index is 0.150. The van der Waals surface area contributed by atoms with Gasteiger partial charge in [0, 0.05) is 98.9 Å². The smallest absolute Gasteiger partial charge is 0.255 e. The van der Waals surface area contributed by atoms with Crippen molar-refractivity contribution in [3.63, 3.8) is 0 Å². The maximum Gasteiger partial charge on any atom is 0.255 e. The number of aryl methyl sites for hydroxylation is 1. The quantitative estimate of drug-likeness (QED) is 0.169. The summed E-state index contributed by atoms with van der Waals surface area (Å²) in [4.78, 5) is 69.9. The van der Waals surface area contributed by atoms with Crippen LogP contribution in [0.5, 0.6) is 0 Å². The second kappa shape index (κ2) is 15.6. The van der Waals surface area contributed by atoms with Gasteiger partial charge in [0.2, 0.25) is 17.8 Å². The summed E-state index contributed by atoms with van der Waals surface area (Å²) in [5, 5.41) is 8.67. The van der Waals surface area contributed by atoms with Gasteiger partial charge < -0.3 is 15.5 Å². The molecule has 5 aromatic rings. The lowest BCUT2D eigenvalue weighted by molar-refractivity contribution is -0.136. The molecule has 3 aliphatic heterocycles. The van der Waals surface area contributed by atoms with Crippen LogP contribution in [0.15, 0.2) is 97.5 Å². The SMILES string of the molecule is Cc1ccc(NC(=O)c2ccc(CN3CCN(Cc4ccc5c(c4)CN(C4CCC(=O)NC4=O)C5=O)CC3)cc2)cc1Nc1nccc(-c2cccnc2)n1. The Bertz CT molecular complexity index is 2260. The van der Waals surface area contributed by atoms with Gasteiger partial charge in [0.1, 0.15) is 6.04 Å². The number of benzene rings is 3. The molecular weight excluding hydrogens is 695 g/mol. The molecular formula is C42H41N9O4. The third kappa shape index (κ3) is 8.13. The number of nitrogens with zero attached hydrogens (tertiary/aromatic N) is 6. The number of rotatable bonds is 10. The van der Waals surface area contributed by atoms with E-state index in [0.29, 0.717) is 35.7 Å². The Morgan fingerprint density at radius 2 is 1.64 bits per heavy atom. The number of anilines is 3. The highest BCUT2D eigenvalue weighted by molar-refractivity contribution is 6.06. The zero-order chi connectivity index (χ0) is 37.9. The van der Waals surface area contributed by atoms with E-state index < -0.39 is 11.9 Å². The van der Waals surface area contributed by atoms with Crippen molar-refractivity contribution in [1.29, 1.82) is 0 Å². The standard InChI is InChI=1S/C42H41N9O4/c1-27-4-10-33(22-36(27)47-42-44-16-14-35(46-42)31-3-2-15-43-23-31)45-39(53)30-8-5-28(6-9-30)24-49-17-19-50(20-18-49)25-29-7-11-34-32(21-29)26-51(41(34)55)37-12-13-38(52)48-40(37)54/h2-11,14-16,21-23,37H,12-13,17-20,24-26H2,1H3,(H,45,53)(H,44,46,47)(H,48,52,54). The summed E-state index contributed by atoms with van der Waals surface area (Å²) in [6.07, 6.45) is 5.78. The molecule has 0 aliphatic carbocycles. The number of amides is 4. The summed E-state index contributed by atoms with van der Waals surface area (Å²) in [5.74, 6) is -0.572. The third-order valence-electron chi connectivity index (χ3n) is 10.4. The van der Waals surface area contributed by atoms with E-state index in [1.807, 2.05) is 79.7 Å². The first-order valence-electron chi connectivity index (χ1n) is 18.5. The van der Waals surface area contributed by atoms with E-state index in [4.69, 9.17) is 0 Å². The number of carbonyl (C=O) groups excluding carboxylic acids is 4. The number of piperazine rings is 1. The molecule has 2 aromatic heterocycles. The van der Waals surface area contributed by atoms with Crippen molar-refractivity contribution in [2.24, 2.45) is 0 Å². The third-order valence-corrected chi connectivity index (χ3v) is 10.4. The molecule has 2 saturated heterocycles. The minimum atomic E-state index is -0.608. The average molecular weight is 736 g/mol. The molecule has 278 valence electrons. The van der Waals surface area contributed by atoms with Crippen LogP contribution in [-0.2, 0) is 29.2 Å². The number of nitrogens with one attached hydrogen (secondary N) is 3. The second-order valence-electron chi connectivity index (χ2n) is 14.3. The molecule has 0 saturated carbocycles. The van der Waals surface area contributed by atoms with Gasteiger partial charge in [-0.2, -0.15) is 0 Å². The lowest BCUT2D eigenvalue weighted by Crippen LogP contribution is -2.52. The van der Waals surface area contributed by atoms with Gasteiger partial charge in [0.25, 0.3) is 11.8 Å². The van der Waals surface area contributed by atoms with Crippen LogP contribution in [0, 0.1) is 6.92 Å². The summed E-state index contributed by atoms with van der Waals surface area (Å²) in [6.45, 7) is 7.59. The molecule has 3 N–H and O–H groups in total. The van der Waals surface area contributed by atoms with E-state index >= 15 is 0 Å². The van der Waals surface area contributed by atoms with Gasteiger partial charge in [-0.15, -0.1) is 0 Å². The molecule has 1 atom stereocenters. The van der Waals surface area contributed by atoms with Gasteiger partial charge in [0.05, 0.1) is 5.69 Å². The minimum Gasteiger partial charge on any atom is -0.324 e. The van der Waals surface area contributed by atoms with Crippen LogP contribution in [0.3, 0.4) is 0 Å². The highest BCUT2D eigenvalue weighted by Crippen LogP contribution is 2.29. The number of imide groups is 1. The zero-order valence-corrected chi connectivity index (χ0v) is 30.5. The summed E-state index contributed by atoms with van der Waals surface area (Å²) >= 11 is 0. The Hall–Kier alpha value is -6.31. The molecule has 8 rings (SSSR count). The van der Waals surface area contributed by atoms with E-state index in [1.54, 1.807) is 23.5 Å². The first-order chi connectivity index (χ1) is 26.8. The number of hydrogen-bond donors (Lipinski definition) is 3. The number of aromatic nitrogens is 3. The van der Waals surface area contributed by atoms with Crippen LogP contribution < -0.4 is 16.0 Å². The van der Waals surface area contributed by atoms with Crippen LogP contribution in [0.2, 0.25) is 0 Å². The largest absolute Gasteiger partial charge is 0.324 e.